The van der Waals surface area contributed by atoms with Gasteiger partial charge < -0.3 is 26.8 Å². The number of rotatable bonds is 12. The Bertz CT molecular complexity index is 467. The summed E-state index contributed by atoms with van der Waals surface area (Å²) in [6.07, 6.45) is -0.310. The van der Waals surface area contributed by atoms with Gasteiger partial charge in [-0.15, -0.1) is 0 Å². The van der Waals surface area contributed by atoms with Crippen molar-refractivity contribution >= 4 is 17.3 Å². The van der Waals surface area contributed by atoms with E-state index in [9.17, 15) is 19.5 Å². The van der Waals surface area contributed by atoms with Crippen LogP contribution in [0, 0.1) is 17.8 Å². The van der Waals surface area contributed by atoms with Gasteiger partial charge in [0.1, 0.15) is 18.3 Å². The molecule has 7 N–H and O–H groups in total. The van der Waals surface area contributed by atoms with Crippen LogP contribution in [-0.4, -0.2) is 64.1 Å². The summed E-state index contributed by atoms with van der Waals surface area (Å²) in [5.41, 5.74) is 10.4. The summed E-state index contributed by atoms with van der Waals surface area (Å²) in [6.45, 7) is 13.4. The molecule has 8 heteroatoms. The van der Waals surface area contributed by atoms with Crippen LogP contribution in [0.3, 0.4) is 0 Å². The summed E-state index contributed by atoms with van der Waals surface area (Å²) >= 11 is 0. The fraction of sp³-hybridized carbons (Fsp3) is 0.864. The van der Waals surface area contributed by atoms with Crippen molar-refractivity contribution in [3.05, 3.63) is 0 Å². The minimum absolute atomic E-state index is 0.0417. The van der Waals surface area contributed by atoms with E-state index in [2.05, 4.69) is 0 Å². The van der Waals surface area contributed by atoms with Crippen LogP contribution in [-0.2, 0) is 14.4 Å². The standard InChI is InChI=1S/C8H17NO2.C7H15NO2.C7H14O2/c1-6(2)8(11)7(10)4-3-5-9;1-5(2)7(10)6(9)3-4-8;1-4-6(8)7(9)5(2)3/h6-7,10H,3-5,9H2,1-2H3;5-6,9H,3-4,8H2,1-2H3;5-6,8H,4H2,1-3H3. The zero-order valence-electron chi connectivity index (χ0n) is 19.9. The average Bonchev–Trinajstić information content (AvgIpc) is 2.70. The first-order valence-corrected chi connectivity index (χ1v) is 10.8. The molecule has 8 nitrogen and oxygen atoms in total. The van der Waals surface area contributed by atoms with Crippen molar-refractivity contribution in [1.82, 2.24) is 0 Å². The minimum Gasteiger partial charge on any atom is -0.385 e. The average molecular weight is 435 g/mol. The first kappa shape index (κ1) is 33.4. The number of hydrogen-bond donors (Lipinski definition) is 5. The topological polar surface area (TPSA) is 164 Å². The van der Waals surface area contributed by atoms with E-state index >= 15 is 0 Å². The molecular formula is C22H46N2O6. The molecule has 0 aromatic carbocycles. The maximum absolute atomic E-state index is 11.1. The molecule has 0 spiro atoms. The number of nitrogens with two attached hydrogens (primary N) is 2. The maximum Gasteiger partial charge on any atom is 0.163 e. The van der Waals surface area contributed by atoms with Crippen LogP contribution < -0.4 is 11.5 Å². The highest BCUT2D eigenvalue weighted by Crippen LogP contribution is 2.05. The van der Waals surface area contributed by atoms with Crippen LogP contribution >= 0.6 is 0 Å². The van der Waals surface area contributed by atoms with Gasteiger partial charge in [0, 0.05) is 17.8 Å². The fourth-order valence-electron chi connectivity index (χ4n) is 2.11. The zero-order valence-corrected chi connectivity index (χ0v) is 19.9. The second-order valence-corrected chi connectivity index (χ2v) is 8.14. The minimum atomic E-state index is -0.856. The molecule has 0 aliphatic heterocycles. The Hall–Kier alpha value is -1.19. The van der Waals surface area contributed by atoms with Gasteiger partial charge in [-0.2, -0.15) is 0 Å². The molecule has 0 rings (SSSR count). The maximum atomic E-state index is 11.1. The van der Waals surface area contributed by atoms with Crippen LogP contribution in [0.1, 0.15) is 74.1 Å². The Labute approximate surface area is 182 Å². The number of Topliss-reactive ketones (excluding diaryl/α,β-unsaturated/α-hetero) is 3. The number of ketones is 3. The number of carbonyl (C=O) groups excluding carboxylic acids is 3. The molecule has 0 aromatic heterocycles. The fourth-order valence-corrected chi connectivity index (χ4v) is 2.11. The van der Waals surface area contributed by atoms with Gasteiger partial charge in [0.2, 0.25) is 0 Å². The summed E-state index contributed by atoms with van der Waals surface area (Å²) in [4.78, 5) is 32.8. The van der Waals surface area contributed by atoms with Crippen LogP contribution in [0.4, 0.5) is 0 Å². The molecule has 0 fully saturated rings. The van der Waals surface area contributed by atoms with Crippen molar-refractivity contribution in [3.63, 3.8) is 0 Å². The van der Waals surface area contributed by atoms with Gasteiger partial charge in [-0.3, -0.25) is 14.4 Å². The molecule has 0 bridgehead atoms. The van der Waals surface area contributed by atoms with Crippen molar-refractivity contribution < 1.29 is 29.7 Å². The van der Waals surface area contributed by atoms with Crippen molar-refractivity contribution in [2.24, 2.45) is 29.2 Å². The third-order valence-corrected chi connectivity index (χ3v) is 4.20. The molecule has 0 aromatic rings. The van der Waals surface area contributed by atoms with E-state index in [-0.39, 0.29) is 35.1 Å². The van der Waals surface area contributed by atoms with Gasteiger partial charge in [-0.05, 0) is 38.8 Å². The number of hydrogen-bond acceptors (Lipinski definition) is 8. The van der Waals surface area contributed by atoms with Crippen LogP contribution in [0.25, 0.3) is 0 Å². The molecule has 30 heavy (non-hydrogen) atoms. The SMILES string of the molecule is CC(C)C(=O)C(O)CCCN.CC(C)C(=O)C(O)CCN.CCC(O)C(=O)C(C)C. The van der Waals surface area contributed by atoms with E-state index in [0.29, 0.717) is 38.8 Å². The Morgan fingerprint density at radius 2 is 0.967 bits per heavy atom. The van der Waals surface area contributed by atoms with E-state index in [1.54, 1.807) is 48.5 Å². The van der Waals surface area contributed by atoms with E-state index < -0.39 is 18.3 Å². The van der Waals surface area contributed by atoms with Crippen molar-refractivity contribution in [1.29, 1.82) is 0 Å². The van der Waals surface area contributed by atoms with Crippen LogP contribution in [0.2, 0.25) is 0 Å². The molecule has 0 radical (unpaired) electrons. The normalized spacial score (nSPS) is 13.7. The second kappa shape index (κ2) is 19.8. The van der Waals surface area contributed by atoms with Gasteiger partial charge in [0.25, 0.3) is 0 Å². The van der Waals surface area contributed by atoms with E-state index in [4.69, 9.17) is 21.7 Å². The van der Waals surface area contributed by atoms with Crippen molar-refractivity contribution in [3.8, 4) is 0 Å². The zero-order chi connectivity index (χ0) is 24.4. The lowest BCUT2D eigenvalue weighted by Crippen LogP contribution is -2.27. The summed E-state index contributed by atoms with van der Waals surface area (Å²) in [6, 6.07) is 0. The van der Waals surface area contributed by atoms with E-state index in [0.717, 1.165) is 0 Å². The summed E-state index contributed by atoms with van der Waals surface area (Å²) in [7, 11) is 0. The third-order valence-electron chi connectivity index (χ3n) is 4.20. The Kier molecular flexibility index (Phi) is 22.0. The lowest BCUT2D eigenvalue weighted by molar-refractivity contribution is -0.131. The van der Waals surface area contributed by atoms with Gasteiger partial charge in [0.15, 0.2) is 17.3 Å². The quantitative estimate of drug-likeness (QED) is 0.306. The lowest BCUT2D eigenvalue weighted by Gasteiger charge is -2.10. The number of aliphatic hydroxyl groups is 3. The summed E-state index contributed by atoms with van der Waals surface area (Å²) in [5, 5.41) is 27.2. The monoisotopic (exact) mass is 434 g/mol. The van der Waals surface area contributed by atoms with Gasteiger partial charge >= 0.3 is 0 Å². The van der Waals surface area contributed by atoms with Gasteiger partial charge in [-0.1, -0.05) is 48.5 Å². The molecular weight excluding hydrogens is 388 g/mol. The van der Waals surface area contributed by atoms with Gasteiger partial charge in [-0.25, -0.2) is 0 Å². The van der Waals surface area contributed by atoms with Crippen molar-refractivity contribution in [2.45, 2.75) is 92.5 Å². The predicted molar refractivity (Wildman–Crippen MR) is 120 cm³/mol. The molecule has 0 aliphatic rings. The number of carbonyl (C=O) groups is 3. The molecule has 0 amide bonds. The molecule has 0 aliphatic carbocycles. The third kappa shape index (κ3) is 17.7. The second-order valence-electron chi connectivity index (χ2n) is 8.14. The van der Waals surface area contributed by atoms with E-state index in [1.165, 1.54) is 0 Å². The first-order valence-electron chi connectivity index (χ1n) is 10.8. The molecule has 0 saturated heterocycles. The van der Waals surface area contributed by atoms with E-state index in [1.807, 2.05) is 0 Å². The Morgan fingerprint density at radius 3 is 1.20 bits per heavy atom. The Morgan fingerprint density at radius 1 is 0.633 bits per heavy atom. The molecule has 180 valence electrons. The molecule has 3 atom stereocenters. The summed E-state index contributed by atoms with van der Waals surface area (Å²) < 4.78 is 0. The van der Waals surface area contributed by atoms with Crippen LogP contribution in [0.15, 0.2) is 0 Å². The van der Waals surface area contributed by atoms with Crippen molar-refractivity contribution in [2.75, 3.05) is 13.1 Å². The number of aliphatic hydroxyl groups excluding tert-OH is 3. The largest absolute Gasteiger partial charge is 0.385 e. The van der Waals surface area contributed by atoms with Crippen LogP contribution in [0.5, 0.6) is 0 Å². The lowest BCUT2D eigenvalue weighted by atomic mass is 10.0. The molecule has 0 heterocycles. The Balaban J connectivity index is -0.000000366. The smallest absolute Gasteiger partial charge is 0.163 e. The highest BCUT2D eigenvalue weighted by molar-refractivity contribution is 5.85. The molecule has 3 unspecified atom stereocenters. The highest BCUT2D eigenvalue weighted by Gasteiger charge is 2.17. The predicted octanol–water partition coefficient (Wildman–Crippen LogP) is 1.21. The summed E-state index contributed by atoms with van der Waals surface area (Å²) in [5.74, 6) is -0.481. The van der Waals surface area contributed by atoms with Gasteiger partial charge in [0.05, 0.1) is 0 Å². The first-order chi connectivity index (χ1) is 13.8. The highest BCUT2D eigenvalue weighted by atomic mass is 16.3. The molecule has 0 saturated carbocycles.